The van der Waals surface area contributed by atoms with E-state index in [2.05, 4.69) is 5.32 Å². The fourth-order valence-corrected chi connectivity index (χ4v) is 3.39. The second kappa shape index (κ2) is 8.79. The normalized spacial score (nSPS) is 13.5. The molecule has 4 rings (SSSR count). The Hall–Kier alpha value is -4.00. The molecule has 31 heavy (non-hydrogen) atoms. The Morgan fingerprint density at radius 3 is 2.19 bits per heavy atom. The molecule has 0 spiro atoms. The number of para-hydroxylation sites is 3. The molecule has 7 nitrogen and oxygen atoms in total. The van der Waals surface area contributed by atoms with Crippen molar-refractivity contribution in [1.29, 1.82) is 0 Å². The van der Waals surface area contributed by atoms with Crippen LogP contribution in [-0.2, 0) is 16.0 Å². The summed E-state index contributed by atoms with van der Waals surface area (Å²) in [5.41, 5.74) is 2.65. The maximum absolute atomic E-state index is 12.5. The van der Waals surface area contributed by atoms with Crippen LogP contribution in [0.1, 0.15) is 5.56 Å². The van der Waals surface area contributed by atoms with Crippen molar-refractivity contribution in [2.24, 2.45) is 0 Å². The molecule has 1 aliphatic heterocycles. The number of carboxylic acid groups (broad SMARTS) is 1. The summed E-state index contributed by atoms with van der Waals surface area (Å²) in [6.07, 6.45) is -1.10. The van der Waals surface area contributed by atoms with Crippen LogP contribution in [0.25, 0.3) is 11.1 Å². The lowest BCUT2D eigenvalue weighted by atomic mass is 10.00. The van der Waals surface area contributed by atoms with Gasteiger partial charge in [-0.2, -0.15) is 0 Å². The first-order valence-electron chi connectivity index (χ1n) is 9.73. The lowest BCUT2D eigenvalue weighted by Crippen LogP contribution is -2.49. The SMILES string of the molecule is COc1ccccc1-c1ccc(C[C@H](NC(=O)C2Oc3ccccc3O2)C(=O)O)cc1. The summed E-state index contributed by atoms with van der Waals surface area (Å²) in [5.74, 6) is -0.140. The van der Waals surface area contributed by atoms with Crippen LogP contribution in [-0.4, -0.2) is 36.4 Å². The van der Waals surface area contributed by atoms with E-state index < -0.39 is 24.2 Å². The second-order valence-electron chi connectivity index (χ2n) is 7.02. The highest BCUT2D eigenvalue weighted by atomic mass is 16.7. The van der Waals surface area contributed by atoms with Crippen LogP contribution in [0.3, 0.4) is 0 Å². The zero-order valence-corrected chi connectivity index (χ0v) is 16.8. The summed E-state index contributed by atoms with van der Waals surface area (Å²) in [5, 5.41) is 12.1. The van der Waals surface area contributed by atoms with Crippen LogP contribution in [0.4, 0.5) is 0 Å². The average Bonchev–Trinajstić information content (AvgIpc) is 3.23. The topological polar surface area (TPSA) is 94.1 Å². The van der Waals surface area contributed by atoms with Crippen molar-refractivity contribution in [2.45, 2.75) is 18.8 Å². The predicted molar refractivity (Wildman–Crippen MR) is 113 cm³/mol. The van der Waals surface area contributed by atoms with Gasteiger partial charge in [0.15, 0.2) is 11.5 Å². The van der Waals surface area contributed by atoms with E-state index in [1.165, 1.54) is 0 Å². The van der Waals surface area contributed by atoms with Crippen molar-refractivity contribution in [2.75, 3.05) is 7.11 Å². The van der Waals surface area contributed by atoms with Gasteiger partial charge in [0, 0.05) is 12.0 Å². The number of rotatable bonds is 7. The minimum absolute atomic E-state index is 0.118. The second-order valence-corrected chi connectivity index (χ2v) is 7.02. The average molecular weight is 419 g/mol. The molecule has 0 fully saturated rings. The number of aliphatic carboxylic acids is 1. The molecular weight excluding hydrogens is 398 g/mol. The third-order valence-corrected chi connectivity index (χ3v) is 4.96. The molecule has 3 aromatic carbocycles. The molecule has 0 bridgehead atoms. The summed E-state index contributed by atoms with van der Waals surface area (Å²) in [6, 6.07) is 20.9. The van der Waals surface area contributed by atoms with Gasteiger partial charge in [0.2, 0.25) is 0 Å². The van der Waals surface area contributed by atoms with Crippen molar-refractivity contribution < 1.29 is 28.9 Å². The summed E-state index contributed by atoms with van der Waals surface area (Å²) >= 11 is 0. The van der Waals surface area contributed by atoms with Crippen molar-refractivity contribution in [3.8, 4) is 28.4 Å². The van der Waals surface area contributed by atoms with Gasteiger partial charge in [-0.15, -0.1) is 0 Å². The summed E-state index contributed by atoms with van der Waals surface area (Å²) < 4.78 is 16.3. The van der Waals surface area contributed by atoms with E-state index in [-0.39, 0.29) is 6.42 Å². The van der Waals surface area contributed by atoms with Crippen molar-refractivity contribution in [1.82, 2.24) is 5.32 Å². The summed E-state index contributed by atoms with van der Waals surface area (Å²) in [4.78, 5) is 24.2. The first-order chi connectivity index (χ1) is 15.0. The van der Waals surface area contributed by atoms with Gasteiger partial charge < -0.3 is 24.6 Å². The number of carbonyl (C=O) groups excluding carboxylic acids is 1. The standard InChI is InChI=1S/C24H21NO6/c1-29-19-7-3-2-6-17(19)16-12-10-15(11-13-16)14-18(23(27)28)25-22(26)24-30-20-8-4-5-9-21(20)31-24/h2-13,18,24H,14H2,1H3,(H,25,26)(H,27,28)/t18-/m0/s1. The van der Waals surface area contributed by atoms with Gasteiger partial charge in [0.05, 0.1) is 7.11 Å². The number of methoxy groups -OCH3 is 1. The number of carboxylic acids is 1. The molecule has 0 saturated heterocycles. The van der Waals surface area contributed by atoms with Gasteiger partial charge in [-0.25, -0.2) is 4.79 Å². The minimum atomic E-state index is -1.22. The quantitative estimate of drug-likeness (QED) is 0.611. The number of hydrogen-bond donors (Lipinski definition) is 2. The summed E-state index contributed by atoms with van der Waals surface area (Å²) in [7, 11) is 1.61. The Kier molecular flexibility index (Phi) is 5.75. The smallest absolute Gasteiger partial charge is 0.326 e. The zero-order chi connectivity index (χ0) is 21.8. The van der Waals surface area contributed by atoms with Crippen molar-refractivity contribution >= 4 is 11.9 Å². The van der Waals surface area contributed by atoms with Gasteiger partial charge in [-0.1, -0.05) is 54.6 Å². The zero-order valence-electron chi connectivity index (χ0n) is 16.8. The molecule has 7 heteroatoms. The molecule has 158 valence electrons. The lowest BCUT2D eigenvalue weighted by Gasteiger charge is -2.17. The maximum atomic E-state index is 12.5. The highest BCUT2D eigenvalue weighted by molar-refractivity contribution is 5.86. The maximum Gasteiger partial charge on any atom is 0.326 e. The van der Waals surface area contributed by atoms with Gasteiger partial charge in [0.1, 0.15) is 11.8 Å². The van der Waals surface area contributed by atoms with E-state index in [0.29, 0.717) is 11.5 Å². The third kappa shape index (κ3) is 4.45. The highest BCUT2D eigenvalue weighted by Gasteiger charge is 2.33. The van der Waals surface area contributed by atoms with E-state index in [4.69, 9.17) is 14.2 Å². The molecule has 0 unspecified atom stereocenters. The summed E-state index contributed by atoms with van der Waals surface area (Å²) in [6.45, 7) is 0. The number of carbonyl (C=O) groups is 2. The Balaban J connectivity index is 1.43. The van der Waals surface area contributed by atoms with Gasteiger partial charge >= 0.3 is 18.2 Å². The number of benzene rings is 3. The van der Waals surface area contributed by atoms with E-state index in [1.54, 1.807) is 31.4 Å². The van der Waals surface area contributed by atoms with Gasteiger partial charge in [-0.3, -0.25) is 4.79 Å². The molecule has 0 aromatic heterocycles. The molecule has 1 amide bonds. The Morgan fingerprint density at radius 2 is 1.58 bits per heavy atom. The molecule has 1 atom stereocenters. The van der Waals surface area contributed by atoms with Crippen LogP contribution >= 0.6 is 0 Å². The van der Waals surface area contributed by atoms with Crippen LogP contribution in [0.2, 0.25) is 0 Å². The van der Waals surface area contributed by atoms with E-state index in [9.17, 15) is 14.7 Å². The molecular formula is C24H21NO6. The van der Waals surface area contributed by atoms with Crippen molar-refractivity contribution in [3.63, 3.8) is 0 Å². The highest BCUT2D eigenvalue weighted by Crippen LogP contribution is 2.34. The molecule has 0 saturated carbocycles. The Bertz CT molecular complexity index is 1070. The third-order valence-electron chi connectivity index (χ3n) is 4.96. The van der Waals surface area contributed by atoms with Crippen LogP contribution < -0.4 is 19.5 Å². The molecule has 1 heterocycles. The molecule has 1 aliphatic rings. The lowest BCUT2D eigenvalue weighted by molar-refractivity contribution is -0.146. The largest absolute Gasteiger partial charge is 0.496 e. The molecule has 0 radical (unpaired) electrons. The van der Waals surface area contributed by atoms with Crippen LogP contribution in [0.5, 0.6) is 17.2 Å². The molecule has 2 N–H and O–H groups in total. The Labute approximate surface area is 179 Å². The fraction of sp³-hybridized carbons (Fsp3) is 0.167. The van der Waals surface area contributed by atoms with Gasteiger partial charge in [-0.05, 0) is 29.3 Å². The first kappa shape index (κ1) is 20.3. The van der Waals surface area contributed by atoms with E-state index >= 15 is 0 Å². The van der Waals surface area contributed by atoms with Crippen LogP contribution in [0.15, 0.2) is 72.8 Å². The Morgan fingerprint density at radius 1 is 0.968 bits per heavy atom. The number of amides is 1. The van der Waals surface area contributed by atoms with E-state index in [1.807, 2.05) is 48.5 Å². The molecule has 0 aliphatic carbocycles. The molecule has 3 aromatic rings. The number of hydrogen-bond acceptors (Lipinski definition) is 5. The number of fused-ring (bicyclic) bond motifs is 1. The van der Waals surface area contributed by atoms with Gasteiger partial charge in [0.25, 0.3) is 0 Å². The fourth-order valence-electron chi connectivity index (χ4n) is 3.39. The monoisotopic (exact) mass is 419 g/mol. The first-order valence-corrected chi connectivity index (χ1v) is 9.73. The number of ether oxygens (including phenoxy) is 3. The van der Waals surface area contributed by atoms with E-state index in [0.717, 1.165) is 22.4 Å². The van der Waals surface area contributed by atoms with Crippen molar-refractivity contribution in [3.05, 3.63) is 78.4 Å². The minimum Gasteiger partial charge on any atom is -0.496 e. The number of nitrogens with one attached hydrogen (secondary N) is 1. The predicted octanol–water partition coefficient (Wildman–Crippen LogP) is 3.27. The van der Waals surface area contributed by atoms with Crippen LogP contribution in [0, 0.1) is 0 Å².